The SMILES string of the molecule is Nc1nc(CC(=O)Nc2ccc(CCCCC(O)c3ccccc3)cc2)cs1. The van der Waals surface area contributed by atoms with Crippen LogP contribution in [0.3, 0.4) is 0 Å². The fourth-order valence-corrected chi connectivity index (χ4v) is 3.60. The molecule has 0 fully saturated rings. The molecule has 1 heterocycles. The molecule has 1 unspecified atom stereocenters. The van der Waals surface area contributed by atoms with Gasteiger partial charge < -0.3 is 16.2 Å². The van der Waals surface area contributed by atoms with Crippen molar-refractivity contribution in [2.24, 2.45) is 0 Å². The fourth-order valence-electron chi connectivity index (χ4n) is 3.04. The first-order valence-corrected chi connectivity index (χ1v) is 10.3. The highest BCUT2D eigenvalue weighted by molar-refractivity contribution is 7.13. The number of nitrogens with two attached hydrogens (primary N) is 1. The maximum absolute atomic E-state index is 12.1. The molecule has 0 radical (unpaired) electrons. The van der Waals surface area contributed by atoms with Gasteiger partial charge in [-0.2, -0.15) is 0 Å². The summed E-state index contributed by atoms with van der Waals surface area (Å²) < 4.78 is 0. The second-order valence-corrected chi connectivity index (χ2v) is 7.66. The molecular formula is C22H25N3O2S. The Bertz CT molecular complexity index is 878. The van der Waals surface area contributed by atoms with Crippen LogP contribution >= 0.6 is 11.3 Å². The predicted octanol–water partition coefficient (Wildman–Crippen LogP) is 4.35. The second-order valence-electron chi connectivity index (χ2n) is 6.77. The van der Waals surface area contributed by atoms with Crippen molar-refractivity contribution in [2.45, 2.75) is 38.2 Å². The van der Waals surface area contributed by atoms with Gasteiger partial charge in [0, 0.05) is 11.1 Å². The van der Waals surface area contributed by atoms with Crippen molar-refractivity contribution < 1.29 is 9.90 Å². The molecule has 1 aromatic heterocycles. The molecule has 0 saturated heterocycles. The van der Waals surface area contributed by atoms with Gasteiger partial charge in [-0.15, -0.1) is 11.3 Å². The number of rotatable bonds is 9. The zero-order valence-electron chi connectivity index (χ0n) is 15.7. The number of aryl methyl sites for hydroxylation is 1. The van der Waals surface area contributed by atoms with Crippen molar-refractivity contribution in [3.8, 4) is 0 Å². The van der Waals surface area contributed by atoms with E-state index in [1.54, 1.807) is 5.38 Å². The lowest BCUT2D eigenvalue weighted by Crippen LogP contribution is -2.14. The first kappa shape index (κ1) is 20.0. The fraction of sp³-hybridized carbons (Fsp3) is 0.273. The average Bonchev–Trinajstić information content (AvgIpc) is 3.11. The Morgan fingerprint density at radius 3 is 2.54 bits per heavy atom. The molecule has 2 aromatic carbocycles. The summed E-state index contributed by atoms with van der Waals surface area (Å²) in [5.74, 6) is -0.104. The Balaban J connectivity index is 1.38. The van der Waals surface area contributed by atoms with E-state index in [2.05, 4.69) is 10.3 Å². The summed E-state index contributed by atoms with van der Waals surface area (Å²) in [6, 6.07) is 17.7. The average molecular weight is 396 g/mol. The van der Waals surface area contributed by atoms with Gasteiger partial charge in [0.05, 0.1) is 18.2 Å². The molecule has 1 atom stereocenters. The van der Waals surface area contributed by atoms with Crippen LogP contribution in [0.2, 0.25) is 0 Å². The van der Waals surface area contributed by atoms with Gasteiger partial charge >= 0.3 is 0 Å². The highest BCUT2D eigenvalue weighted by atomic mass is 32.1. The number of aliphatic hydroxyl groups excluding tert-OH is 1. The van der Waals surface area contributed by atoms with Crippen LogP contribution in [0.1, 0.15) is 42.2 Å². The Labute approximate surface area is 169 Å². The molecule has 0 aliphatic rings. The number of hydrogen-bond acceptors (Lipinski definition) is 5. The first-order chi connectivity index (χ1) is 13.6. The molecule has 1 amide bonds. The number of hydrogen-bond donors (Lipinski definition) is 3. The van der Waals surface area contributed by atoms with Crippen molar-refractivity contribution in [1.82, 2.24) is 4.98 Å². The third-order valence-electron chi connectivity index (χ3n) is 4.53. The van der Waals surface area contributed by atoms with Crippen molar-refractivity contribution >= 4 is 28.1 Å². The molecule has 0 aliphatic carbocycles. The minimum atomic E-state index is -0.396. The zero-order chi connectivity index (χ0) is 19.8. The van der Waals surface area contributed by atoms with Crippen molar-refractivity contribution in [3.05, 3.63) is 76.8 Å². The minimum Gasteiger partial charge on any atom is -0.388 e. The van der Waals surface area contributed by atoms with Crippen LogP contribution in [-0.2, 0) is 17.6 Å². The van der Waals surface area contributed by atoms with Crippen LogP contribution in [0.15, 0.2) is 60.0 Å². The molecule has 4 N–H and O–H groups in total. The number of anilines is 2. The summed E-state index contributed by atoms with van der Waals surface area (Å²) in [5, 5.41) is 15.3. The molecule has 0 spiro atoms. The number of nitrogens with zero attached hydrogens (tertiary/aromatic N) is 1. The largest absolute Gasteiger partial charge is 0.388 e. The molecule has 146 valence electrons. The molecule has 28 heavy (non-hydrogen) atoms. The maximum atomic E-state index is 12.1. The smallest absolute Gasteiger partial charge is 0.230 e. The predicted molar refractivity (Wildman–Crippen MR) is 114 cm³/mol. The number of carbonyl (C=O) groups is 1. The van der Waals surface area contributed by atoms with E-state index in [4.69, 9.17) is 5.73 Å². The molecule has 5 nitrogen and oxygen atoms in total. The molecule has 6 heteroatoms. The quantitative estimate of drug-likeness (QED) is 0.470. The standard InChI is InChI=1S/C22H25N3O2S/c23-22-25-19(15-28-22)14-21(27)24-18-12-10-16(11-13-18)6-4-5-9-20(26)17-7-2-1-3-8-17/h1-3,7-8,10-13,15,20,26H,4-6,9,14H2,(H2,23,25)(H,24,27). The Hall–Kier alpha value is -2.70. The molecule has 0 bridgehead atoms. The van der Waals surface area contributed by atoms with Gasteiger partial charge in [0.2, 0.25) is 5.91 Å². The summed E-state index contributed by atoms with van der Waals surface area (Å²) >= 11 is 1.34. The Morgan fingerprint density at radius 2 is 1.86 bits per heavy atom. The van der Waals surface area contributed by atoms with E-state index >= 15 is 0 Å². The van der Waals surface area contributed by atoms with Gasteiger partial charge in [-0.05, 0) is 42.5 Å². The normalized spacial score (nSPS) is 11.9. The van der Waals surface area contributed by atoms with E-state index in [1.807, 2.05) is 54.6 Å². The first-order valence-electron chi connectivity index (χ1n) is 9.42. The summed E-state index contributed by atoms with van der Waals surface area (Å²) in [5.41, 5.74) is 9.24. The lowest BCUT2D eigenvalue weighted by atomic mass is 10.0. The lowest BCUT2D eigenvalue weighted by Gasteiger charge is -2.10. The van der Waals surface area contributed by atoms with Crippen molar-refractivity contribution in [2.75, 3.05) is 11.1 Å². The maximum Gasteiger partial charge on any atom is 0.230 e. The van der Waals surface area contributed by atoms with Crippen molar-refractivity contribution in [1.29, 1.82) is 0 Å². The number of amides is 1. The summed E-state index contributed by atoms with van der Waals surface area (Å²) in [4.78, 5) is 16.2. The molecule has 3 rings (SSSR count). The van der Waals surface area contributed by atoms with E-state index in [9.17, 15) is 9.90 Å². The van der Waals surface area contributed by atoms with Crippen LogP contribution in [0, 0.1) is 0 Å². The number of nitrogen functional groups attached to an aromatic ring is 1. The van der Waals surface area contributed by atoms with E-state index in [-0.39, 0.29) is 12.3 Å². The van der Waals surface area contributed by atoms with E-state index in [1.165, 1.54) is 16.9 Å². The second kappa shape index (κ2) is 10.0. The third kappa shape index (κ3) is 6.18. The highest BCUT2D eigenvalue weighted by Gasteiger charge is 2.08. The Kier molecular flexibility index (Phi) is 7.17. The van der Waals surface area contributed by atoms with Gasteiger partial charge in [0.25, 0.3) is 0 Å². The van der Waals surface area contributed by atoms with E-state index in [0.29, 0.717) is 10.8 Å². The van der Waals surface area contributed by atoms with Gasteiger partial charge in [-0.3, -0.25) is 4.79 Å². The highest BCUT2D eigenvalue weighted by Crippen LogP contribution is 2.20. The van der Waals surface area contributed by atoms with Gasteiger partial charge in [-0.25, -0.2) is 4.98 Å². The van der Waals surface area contributed by atoms with Crippen LogP contribution in [0.25, 0.3) is 0 Å². The van der Waals surface area contributed by atoms with Crippen LogP contribution < -0.4 is 11.1 Å². The van der Waals surface area contributed by atoms with E-state index in [0.717, 1.165) is 36.9 Å². The number of aromatic nitrogens is 1. The summed E-state index contributed by atoms with van der Waals surface area (Å²) in [7, 11) is 0. The van der Waals surface area contributed by atoms with Crippen LogP contribution in [-0.4, -0.2) is 16.0 Å². The Morgan fingerprint density at radius 1 is 1.11 bits per heavy atom. The molecule has 0 aliphatic heterocycles. The number of aliphatic hydroxyl groups is 1. The number of benzene rings is 2. The summed E-state index contributed by atoms with van der Waals surface area (Å²) in [6.07, 6.45) is 3.52. The summed E-state index contributed by atoms with van der Waals surface area (Å²) in [6.45, 7) is 0. The number of carbonyl (C=O) groups excluding carboxylic acids is 1. The molecule has 3 aromatic rings. The molecular weight excluding hydrogens is 370 g/mol. The monoisotopic (exact) mass is 395 g/mol. The van der Waals surface area contributed by atoms with Gasteiger partial charge in [-0.1, -0.05) is 48.9 Å². The number of unbranched alkanes of at least 4 members (excludes halogenated alkanes) is 1. The van der Waals surface area contributed by atoms with Gasteiger partial charge in [0.15, 0.2) is 5.13 Å². The third-order valence-corrected chi connectivity index (χ3v) is 5.25. The van der Waals surface area contributed by atoms with Crippen LogP contribution in [0.4, 0.5) is 10.8 Å². The van der Waals surface area contributed by atoms with Gasteiger partial charge in [0.1, 0.15) is 0 Å². The number of thiazole rings is 1. The van der Waals surface area contributed by atoms with Crippen LogP contribution in [0.5, 0.6) is 0 Å². The molecule has 0 saturated carbocycles. The minimum absolute atomic E-state index is 0.104. The van der Waals surface area contributed by atoms with E-state index < -0.39 is 6.10 Å². The zero-order valence-corrected chi connectivity index (χ0v) is 16.5. The number of nitrogens with one attached hydrogen (secondary N) is 1. The lowest BCUT2D eigenvalue weighted by molar-refractivity contribution is -0.115. The van der Waals surface area contributed by atoms with Crippen molar-refractivity contribution in [3.63, 3.8) is 0 Å². The topological polar surface area (TPSA) is 88.2 Å².